The van der Waals surface area contributed by atoms with Crippen LogP contribution in [0.2, 0.25) is 0 Å². The first-order valence-corrected chi connectivity index (χ1v) is 5.61. The average molecular weight is 241 g/mol. The lowest BCUT2D eigenvalue weighted by Crippen LogP contribution is -1.84. The van der Waals surface area contributed by atoms with Crippen molar-refractivity contribution in [3.63, 3.8) is 0 Å². The van der Waals surface area contributed by atoms with E-state index in [1.165, 1.54) is 0 Å². The molecule has 18 heavy (non-hydrogen) atoms. The maximum atomic E-state index is 5.69. The third-order valence-corrected chi connectivity index (χ3v) is 2.57. The lowest BCUT2D eigenvalue weighted by Gasteiger charge is -2.03. The number of nitrogens with zero attached hydrogens (tertiary/aromatic N) is 2. The van der Waals surface area contributed by atoms with Crippen molar-refractivity contribution in [1.29, 1.82) is 0 Å². The molecule has 0 amide bonds. The molecule has 0 aliphatic heterocycles. The van der Waals surface area contributed by atoms with Crippen LogP contribution in [0.5, 0.6) is 5.75 Å². The summed E-state index contributed by atoms with van der Waals surface area (Å²) in [4.78, 5) is 0. The molecule has 0 atom stereocenters. The average Bonchev–Trinajstić information content (AvgIpc) is 2.38. The van der Waals surface area contributed by atoms with Gasteiger partial charge in [-0.25, -0.2) is 0 Å². The normalized spacial score (nSPS) is 10.8. The minimum absolute atomic E-state index is 0.703. The van der Waals surface area contributed by atoms with Gasteiger partial charge < -0.3 is 10.5 Å². The largest absolute Gasteiger partial charge is 0.494 e. The molecule has 2 aromatic carbocycles. The monoisotopic (exact) mass is 241 g/mol. The number of rotatable bonds is 3. The number of hydrogen-bond donors (Lipinski definition) is 1. The molecule has 2 aromatic rings. The highest BCUT2D eigenvalue weighted by atomic mass is 16.5. The van der Waals surface area contributed by atoms with Gasteiger partial charge in [-0.3, -0.25) is 0 Å². The van der Waals surface area contributed by atoms with E-state index in [2.05, 4.69) is 10.2 Å². The highest BCUT2D eigenvalue weighted by Gasteiger charge is 2.00. The first-order valence-electron chi connectivity index (χ1n) is 5.61. The summed E-state index contributed by atoms with van der Waals surface area (Å²) in [7, 11) is 1.61. The van der Waals surface area contributed by atoms with Crippen molar-refractivity contribution in [2.24, 2.45) is 10.2 Å². The molecule has 0 unspecified atom stereocenters. The van der Waals surface area contributed by atoms with Gasteiger partial charge in [0.2, 0.25) is 0 Å². The maximum Gasteiger partial charge on any atom is 0.146 e. The number of methoxy groups -OCH3 is 1. The fraction of sp³-hybridized carbons (Fsp3) is 0.143. The quantitative estimate of drug-likeness (QED) is 0.652. The standard InChI is InChI=1S/C14H15N3O/c1-10-9-11(15)7-8-12(10)16-17-13-5-3-4-6-14(13)18-2/h3-9H,15H2,1-2H3/b17-16+. The van der Waals surface area contributed by atoms with Gasteiger partial charge in [-0.05, 0) is 42.8 Å². The van der Waals surface area contributed by atoms with Gasteiger partial charge in [-0.2, -0.15) is 5.11 Å². The summed E-state index contributed by atoms with van der Waals surface area (Å²) in [6, 6.07) is 13.0. The highest BCUT2D eigenvalue weighted by Crippen LogP contribution is 2.29. The SMILES string of the molecule is COc1ccccc1/N=N/c1ccc(N)cc1C. The molecule has 0 bridgehead atoms. The molecule has 0 aliphatic carbocycles. The minimum Gasteiger partial charge on any atom is -0.494 e. The molecule has 2 N–H and O–H groups in total. The van der Waals surface area contributed by atoms with E-state index >= 15 is 0 Å². The van der Waals surface area contributed by atoms with Gasteiger partial charge in [0.1, 0.15) is 11.4 Å². The molecule has 0 heterocycles. The van der Waals surface area contributed by atoms with Gasteiger partial charge >= 0.3 is 0 Å². The maximum absolute atomic E-state index is 5.69. The predicted octanol–water partition coefficient (Wildman–Crippen LogP) is 4.00. The Hall–Kier alpha value is -2.36. The molecular weight excluding hydrogens is 226 g/mol. The topological polar surface area (TPSA) is 60.0 Å². The number of anilines is 1. The number of azo groups is 1. The van der Waals surface area contributed by atoms with Gasteiger partial charge in [0.25, 0.3) is 0 Å². The van der Waals surface area contributed by atoms with Crippen LogP contribution in [0, 0.1) is 6.92 Å². The molecule has 0 spiro atoms. The number of aryl methyl sites for hydroxylation is 1. The van der Waals surface area contributed by atoms with Crippen molar-refractivity contribution in [1.82, 2.24) is 0 Å². The Morgan fingerprint density at radius 3 is 2.44 bits per heavy atom. The Morgan fingerprint density at radius 2 is 1.72 bits per heavy atom. The van der Waals surface area contributed by atoms with E-state index in [1.54, 1.807) is 7.11 Å². The summed E-state index contributed by atoms with van der Waals surface area (Å²) < 4.78 is 5.21. The van der Waals surface area contributed by atoms with Crippen LogP contribution in [0.4, 0.5) is 17.1 Å². The Balaban J connectivity index is 2.30. The lowest BCUT2D eigenvalue weighted by molar-refractivity contribution is 0.416. The van der Waals surface area contributed by atoms with E-state index in [0.29, 0.717) is 11.4 Å². The Morgan fingerprint density at radius 1 is 1.00 bits per heavy atom. The Kier molecular flexibility index (Phi) is 3.57. The third kappa shape index (κ3) is 2.66. The Bertz CT molecular complexity index is 579. The van der Waals surface area contributed by atoms with E-state index in [0.717, 1.165) is 16.9 Å². The molecule has 0 aliphatic rings. The van der Waals surface area contributed by atoms with Crippen molar-refractivity contribution in [3.8, 4) is 5.75 Å². The number of hydrogen-bond acceptors (Lipinski definition) is 4. The van der Waals surface area contributed by atoms with Crippen molar-refractivity contribution >= 4 is 17.1 Å². The van der Waals surface area contributed by atoms with Crippen LogP contribution in [0.15, 0.2) is 52.7 Å². The van der Waals surface area contributed by atoms with Crippen molar-refractivity contribution in [3.05, 3.63) is 48.0 Å². The number of para-hydroxylation sites is 1. The van der Waals surface area contributed by atoms with E-state index < -0.39 is 0 Å². The molecule has 0 saturated carbocycles. The van der Waals surface area contributed by atoms with E-state index in [-0.39, 0.29) is 0 Å². The van der Waals surface area contributed by atoms with Crippen LogP contribution in [0.1, 0.15) is 5.56 Å². The zero-order chi connectivity index (χ0) is 13.0. The van der Waals surface area contributed by atoms with E-state index in [9.17, 15) is 0 Å². The molecule has 0 saturated heterocycles. The van der Waals surface area contributed by atoms with Gasteiger partial charge in [0.15, 0.2) is 0 Å². The third-order valence-electron chi connectivity index (χ3n) is 2.57. The van der Waals surface area contributed by atoms with Gasteiger partial charge in [-0.15, -0.1) is 5.11 Å². The smallest absolute Gasteiger partial charge is 0.146 e. The summed E-state index contributed by atoms with van der Waals surface area (Å²) in [5.74, 6) is 0.703. The summed E-state index contributed by atoms with van der Waals surface area (Å²) in [5, 5.41) is 8.41. The summed E-state index contributed by atoms with van der Waals surface area (Å²) in [5.41, 5.74) is 8.91. The number of nitrogens with two attached hydrogens (primary N) is 1. The van der Waals surface area contributed by atoms with Crippen molar-refractivity contribution < 1.29 is 4.74 Å². The molecule has 2 rings (SSSR count). The lowest BCUT2D eigenvalue weighted by atomic mass is 10.2. The fourth-order valence-electron chi connectivity index (χ4n) is 1.61. The number of ether oxygens (including phenoxy) is 1. The molecule has 0 radical (unpaired) electrons. The second-order valence-corrected chi connectivity index (χ2v) is 3.92. The van der Waals surface area contributed by atoms with E-state index in [1.807, 2.05) is 49.4 Å². The van der Waals surface area contributed by atoms with Crippen LogP contribution >= 0.6 is 0 Å². The molecule has 0 aromatic heterocycles. The first-order chi connectivity index (χ1) is 8.70. The number of nitrogen functional groups attached to an aromatic ring is 1. The second-order valence-electron chi connectivity index (χ2n) is 3.92. The molecular formula is C14H15N3O. The molecule has 4 heteroatoms. The van der Waals surface area contributed by atoms with Crippen LogP contribution in [-0.4, -0.2) is 7.11 Å². The van der Waals surface area contributed by atoms with Crippen LogP contribution in [0.25, 0.3) is 0 Å². The molecule has 92 valence electrons. The van der Waals surface area contributed by atoms with Gasteiger partial charge in [-0.1, -0.05) is 12.1 Å². The second kappa shape index (κ2) is 5.31. The number of benzene rings is 2. The fourth-order valence-corrected chi connectivity index (χ4v) is 1.61. The zero-order valence-electron chi connectivity index (χ0n) is 10.4. The van der Waals surface area contributed by atoms with Gasteiger partial charge in [0.05, 0.1) is 12.8 Å². The van der Waals surface area contributed by atoms with Crippen LogP contribution in [-0.2, 0) is 0 Å². The summed E-state index contributed by atoms with van der Waals surface area (Å²) in [6.45, 7) is 1.95. The highest BCUT2D eigenvalue weighted by molar-refractivity contribution is 5.55. The molecule has 0 fully saturated rings. The summed E-state index contributed by atoms with van der Waals surface area (Å²) >= 11 is 0. The Labute approximate surface area is 106 Å². The van der Waals surface area contributed by atoms with Crippen LogP contribution in [0.3, 0.4) is 0 Å². The van der Waals surface area contributed by atoms with Gasteiger partial charge in [0, 0.05) is 5.69 Å². The zero-order valence-corrected chi connectivity index (χ0v) is 10.4. The predicted molar refractivity (Wildman–Crippen MR) is 72.8 cm³/mol. The molecule has 4 nitrogen and oxygen atoms in total. The first kappa shape index (κ1) is 12.1. The summed E-state index contributed by atoms with van der Waals surface area (Å²) in [6.07, 6.45) is 0. The van der Waals surface area contributed by atoms with Crippen LogP contribution < -0.4 is 10.5 Å². The van der Waals surface area contributed by atoms with Crippen molar-refractivity contribution in [2.75, 3.05) is 12.8 Å². The van der Waals surface area contributed by atoms with E-state index in [4.69, 9.17) is 10.5 Å². The minimum atomic E-state index is 0.703. The van der Waals surface area contributed by atoms with Crippen molar-refractivity contribution in [2.45, 2.75) is 6.92 Å².